The van der Waals surface area contributed by atoms with Crippen molar-refractivity contribution in [1.82, 2.24) is 4.90 Å². The second kappa shape index (κ2) is 8.50. The molecule has 1 aliphatic rings. The number of carbonyl (C=O) groups excluding carboxylic acids is 2. The highest BCUT2D eigenvalue weighted by Crippen LogP contribution is 2.28. The molecule has 0 aromatic rings. The molecule has 3 N–H and O–H groups in total. The van der Waals surface area contributed by atoms with Crippen LogP contribution in [0.5, 0.6) is 0 Å². The number of carbonyl (C=O) groups is 2. The Kier molecular flexibility index (Phi) is 6.98. The summed E-state index contributed by atoms with van der Waals surface area (Å²) in [5, 5.41) is 32.5. The second-order valence-electron chi connectivity index (χ2n) is 5.16. The Morgan fingerprint density at radius 3 is 2.62 bits per heavy atom. The lowest BCUT2D eigenvalue weighted by Crippen LogP contribution is -2.59. The molecule has 0 spiro atoms. The highest BCUT2D eigenvalue weighted by Gasteiger charge is 2.45. The van der Waals surface area contributed by atoms with E-state index in [1.54, 1.807) is 0 Å². The molecule has 0 aromatic heterocycles. The molecule has 0 saturated heterocycles. The highest BCUT2D eigenvalue weighted by atomic mass is 16.6. The van der Waals surface area contributed by atoms with Gasteiger partial charge in [-0.05, 0) is 11.6 Å². The quantitative estimate of drug-likeness (QED) is 0.233. The Bertz CT molecular complexity index is 561. The Balaban J connectivity index is 3.38. The van der Waals surface area contributed by atoms with Crippen LogP contribution in [0.15, 0.2) is 16.9 Å². The van der Waals surface area contributed by atoms with E-state index in [0.29, 0.717) is 0 Å². The topological polar surface area (TPSA) is 165 Å². The van der Waals surface area contributed by atoms with Gasteiger partial charge in [0.05, 0.1) is 25.8 Å². The van der Waals surface area contributed by atoms with Gasteiger partial charge in [0.25, 0.3) is 0 Å². The summed E-state index contributed by atoms with van der Waals surface area (Å²) < 4.78 is 9.91. The molecular formula is C13H20N4O7. The van der Waals surface area contributed by atoms with E-state index in [-0.39, 0.29) is 5.76 Å². The number of nitrogens with zero attached hydrogens (tertiary/aromatic N) is 4. The van der Waals surface area contributed by atoms with Crippen molar-refractivity contribution in [2.75, 3.05) is 20.8 Å². The Morgan fingerprint density at radius 2 is 2.17 bits per heavy atom. The van der Waals surface area contributed by atoms with Crippen LogP contribution in [-0.2, 0) is 19.1 Å². The first-order chi connectivity index (χ1) is 11.3. The fourth-order valence-corrected chi connectivity index (χ4v) is 2.34. The number of rotatable bonds is 6. The summed E-state index contributed by atoms with van der Waals surface area (Å²) in [7, 11) is 2.50. The number of aliphatic hydroxyl groups excluding tert-OH is 3. The van der Waals surface area contributed by atoms with Gasteiger partial charge in [0, 0.05) is 18.9 Å². The summed E-state index contributed by atoms with van der Waals surface area (Å²) in [5.74, 6) is -1.64. The maximum absolute atomic E-state index is 11.7. The number of methoxy groups -OCH3 is 1. The monoisotopic (exact) mass is 344 g/mol. The SMILES string of the molecule is COC(=O)C1=C[C@H](N=[N+]=[N-])[C@@H](N(C)C(C)=O)[C@H]([C@H](O)[C@H](O)CO)O1. The lowest BCUT2D eigenvalue weighted by molar-refractivity contribution is -0.155. The molecule has 11 nitrogen and oxygen atoms in total. The zero-order valence-electron chi connectivity index (χ0n) is 13.4. The molecule has 0 aliphatic carbocycles. The number of aliphatic hydroxyl groups is 3. The van der Waals surface area contributed by atoms with Crippen LogP contribution in [0.25, 0.3) is 10.4 Å². The molecule has 24 heavy (non-hydrogen) atoms. The van der Waals surface area contributed by atoms with Gasteiger partial charge in [-0.2, -0.15) is 0 Å². The van der Waals surface area contributed by atoms with Crippen molar-refractivity contribution in [2.24, 2.45) is 5.11 Å². The van der Waals surface area contributed by atoms with Crippen LogP contribution in [0.2, 0.25) is 0 Å². The average molecular weight is 344 g/mol. The number of esters is 1. The lowest BCUT2D eigenvalue weighted by Gasteiger charge is -2.42. The smallest absolute Gasteiger partial charge is 0.372 e. The molecule has 1 amide bonds. The van der Waals surface area contributed by atoms with Crippen molar-refractivity contribution >= 4 is 11.9 Å². The first-order valence-electron chi connectivity index (χ1n) is 6.99. The maximum atomic E-state index is 11.7. The van der Waals surface area contributed by atoms with Crippen molar-refractivity contribution < 1.29 is 34.4 Å². The minimum Gasteiger partial charge on any atom is -0.478 e. The number of azide groups is 1. The van der Waals surface area contributed by atoms with Crippen LogP contribution in [-0.4, -0.2) is 83.3 Å². The van der Waals surface area contributed by atoms with Gasteiger partial charge < -0.3 is 29.7 Å². The summed E-state index contributed by atoms with van der Waals surface area (Å²) >= 11 is 0. The molecule has 1 aliphatic heterocycles. The third-order valence-corrected chi connectivity index (χ3v) is 3.71. The molecule has 5 atom stereocenters. The summed E-state index contributed by atoms with van der Waals surface area (Å²) in [4.78, 5) is 27.2. The minimum atomic E-state index is -1.66. The molecule has 0 unspecified atom stereocenters. The zero-order valence-corrected chi connectivity index (χ0v) is 13.4. The predicted molar refractivity (Wildman–Crippen MR) is 79.2 cm³/mol. The van der Waals surface area contributed by atoms with Crippen molar-refractivity contribution in [3.63, 3.8) is 0 Å². The molecule has 0 saturated carbocycles. The standard InChI is InChI=1S/C13H20N4O7/c1-6(19)17(2)10-7(15-16-14)4-9(13(22)23-3)24-12(10)11(21)8(20)5-18/h4,7-8,10-12,18,20-21H,5H2,1-3H3/t7-,8+,10+,11+,12+/m0/s1. The second-order valence-corrected chi connectivity index (χ2v) is 5.16. The first-order valence-corrected chi connectivity index (χ1v) is 6.99. The molecule has 0 aromatic carbocycles. The van der Waals surface area contributed by atoms with Crippen molar-refractivity contribution in [1.29, 1.82) is 0 Å². The average Bonchev–Trinajstić information content (AvgIpc) is 2.58. The zero-order chi connectivity index (χ0) is 18.4. The van der Waals surface area contributed by atoms with E-state index in [2.05, 4.69) is 14.8 Å². The summed E-state index contributed by atoms with van der Waals surface area (Å²) in [6.45, 7) is 0.472. The fraction of sp³-hybridized carbons (Fsp3) is 0.692. The Hall–Kier alpha value is -2.33. The van der Waals surface area contributed by atoms with Gasteiger partial charge in [-0.15, -0.1) is 0 Å². The molecular weight excluding hydrogens is 324 g/mol. The summed E-state index contributed by atoms with van der Waals surface area (Å²) in [6, 6.07) is -2.07. The van der Waals surface area contributed by atoms with Crippen LogP contribution in [0.1, 0.15) is 6.92 Å². The van der Waals surface area contributed by atoms with Gasteiger partial charge in [-0.1, -0.05) is 5.11 Å². The first kappa shape index (κ1) is 19.7. The van der Waals surface area contributed by atoms with Gasteiger partial charge in [0.2, 0.25) is 11.7 Å². The van der Waals surface area contributed by atoms with E-state index in [1.165, 1.54) is 20.0 Å². The molecule has 1 heterocycles. The third-order valence-electron chi connectivity index (χ3n) is 3.71. The van der Waals surface area contributed by atoms with Crippen molar-refractivity contribution in [2.45, 2.75) is 37.3 Å². The van der Waals surface area contributed by atoms with Crippen molar-refractivity contribution in [3.05, 3.63) is 22.3 Å². The lowest BCUT2D eigenvalue weighted by atomic mass is 9.91. The van der Waals surface area contributed by atoms with Gasteiger partial charge in [-0.3, -0.25) is 4.79 Å². The normalized spacial score (nSPS) is 25.4. The van der Waals surface area contributed by atoms with Gasteiger partial charge in [0.15, 0.2) is 0 Å². The largest absolute Gasteiger partial charge is 0.478 e. The molecule has 0 radical (unpaired) electrons. The van der Waals surface area contributed by atoms with Gasteiger partial charge >= 0.3 is 5.97 Å². The number of hydrogen-bond acceptors (Lipinski definition) is 8. The van der Waals surface area contributed by atoms with E-state index < -0.39 is 48.9 Å². The predicted octanol–water partition coefficient (Wildman–Crippen LogP) is -1.32. The maximum Gasteiger partial charge on any atom is 0.372 e. The van der Waals surface area contributed by atoms with Crippen LogP contribution < -0.4 is 0 Å². The molecule has 0 bridgehead atoms. The third kappa shape index (κ3) is 4.15. The van der Waals surface area contributed by atoms with Gasteiger partial charge in [0.1, 0.15) is 18.3 Å². The molecule has 11 heteroatoms. The van der Waals surface area contributed by atoms with Crippen LogP contribution in [0, 0.1) is 0 Å². The van der Waals surface area contributed by atoms with E-state index in [4.69, 9.17) is 15.4 Å². The number of ether oxygens (including phenoxy) is 2. The molecule has 134 valence electrons. The van der Waals surface area contributed by atoms with Crippen molar-refractivity contribution in [3.8, 4) is 0 Å². The number of likely N-dealkylation sites (N-methyl/N-ethyl adjacent to an activating group) is 1. The van der Waals surface area contributed by atoms with E-state index in [0.717, 1.165) is 12.0 Å². The molecule has 0 fully saturated rings. The van der Waals surface area contributed by atoms with E-state index in [9.17, 15) is 19.8 Å². The fourth-order valence-electron chi connectivity index (χ4n) is 2.34. The van der Waals surface area contributed by atoms with E-state index >= 15 is 0 Å². The Morgan fingerprint density at radius 1 is 1.54 bits per heavy atom. The molecule has 1 rings (SSSR count). The van der Waals surface area contributed by atoms with Crippen LogP contribution >= 0.6 is 0 Å². The van der Waals surface area contributed by atoms with E-state index in [1.807, 2.05) is 0 Å². The Labute approximate surface area is 137 Å². The number of amides is 1. The van der Waals surface area contributed by atoms with Crippen LogP contribution in [0.4, 0.5) is 0 Å². The summed E-state index contributed by atoms with van der Waals surface area (Å²) in [6.07, 6.45) is -3.42. The number of hydrogen-bond donors (Lipinski definition) is 3. The van der Waals surface area contributed by atoms with Crippen LogP contribution in [0.3, 0.4) is 0 Å². The highest BCUT2D eigenvalue weighted by molar-refractivity contribution is 5.86. The minimum absolute atomic E-state index is 0.336. The summed E-state index contributed by atoms with van der Waals surface area (Å²) in [5.41, 5.74) is 8.74. The van der Waals surface area contributed by atoms with Gasteiger partial charge in [-0.25, -0.2) is 4.79 Å².